The van der Waals surface area contributed by atoms with Crippen molar-refractivity contribution in [3.8, 4) is 0 Å². The Balaban J connectivity index is 2.24. The Bertz CT molecular complexity index is 607. The van der Waals surface area contributed by atoms with Crippen molar-refractivity contribution in [1.29, 1.82) is 0 Å². The van der Waals surface area contributed by atoms with Crippen LogP contribution in [0.15, 0.2) is 25.2 Å². The average molecular weight is 413 g/mol. The zero-order chi connectivity index (χ0) is 14.0. The summed E-state index contributed by atoms with van der Waals surface area (Å²) in [5, 5.41) is 10.2. The van der Waals surface area contributed by atoms with E-state index in [-0.39, 0.29) is 26.2 Å². The first-order valence-electron chi connectivity index (χ1n) is 4.85. The molecule has 1 N–H and O–H groups in total. The number of carbonyl (C=O) groups excluding carboxylic acids is 1. The number of thioether (sulfide) groups is 1. The van der Waals surface area contributed by atoms with E-state index in [0.29, 0.717) is 5.17 Å². The number of carbonyl (C=O) groups is 1. The molecule has 100 valence electrons. The van der Waals surface area contributed by atoms with Crippen molar-refractivity contribution in [2.24, 2.45) is 10.2 Å². The summed E-state index contributed by atoms with van der Waals surface area (Å²) in [4.78, 5) is 10.9. The number of nitrogens with one attached hydrogen (secondary N) is 1. The third kappa shape index (κ3) is 3.40. The minimum absolute atomic E-state index is 0.0620. The summed E-state index contributed by atoms with van der Waals surface area (Å²) in [5.74, 6) is -1.37. The van der Waals surface area contributed by atoms with Crippen LogP contribution in [0.2, 0.25) is 0 Å². The van der Waals surface area contributed by atoms with Gasteiger partial charge in [0.25, 0.3) is 0 Å². The second-order valence-electron chi connectivity index (χ2n) is 3.37. The van der Waals surface area contributed by atoms with Crippen molar-refractivity contribution in [2.45, 2.75) is 0 Å². The normalized spacial score (nSPS) is 17.5. The molecule has 1 fully saturated rings. The Labute approximate surface area is 128 Å². The third-order valence-corrected chi connectivity index (χ3v) is 4.32. The zero-order valence-corrected chi connectivity index (χ0v) is 13.1. The average Bonchev–Trinajstić information content (AvgIpc) is 2.77. The second-order valence-corrected chi connectivity index (χ2v) is 5.98. The van der Waals surface area contributed by atoms with Crippen LogP contribution in [0.5, 0.6) is 0 Å². The lowest BCUT2D eigenvalue weighted by Crippen LogP contribution is -2.19. The Hall–Kier alpha value is -0.800. The fraction of sp³-hybridized carbons (Fsp3) is 0.100. The molecule has 19 heavy (non-hydrogen) atoms. The molecule has 1 heterocycles. The first kappa shape index (κ1) is 14.6. The molecule has 0 radical (unpaired) electrons. The standard InChI is InChI=1S/C10H5Br2F2N3OS/c11-5-1-6(13)8(12)9(14)4(5)2-15-17-10-16-7(18)3-19-10/h1-2H,3H2,(H,16,17,18). The topological polar surface area (TPSA) is 53.8 Å². The maximum atomic E-state index is 13.8. The largest absolute Gasteiger partial charge is 0.303 e. The molecule has 0 atom stereocenters. The van der Waals surface area contributed by atoms with E-state index >= 15 is 0 Å². The van der Waals surface area contributed by atoms with Crippen molar-refractivity contribution >= 4 is 60.9 Å². The molecule has 0 bridgehead atoms. The summed E-state index contributed by atoms with van der Waals surface area (Å²) in [6.45, 7) is 0. The fourth-order valence-electron chi connectivity index (χ4n) is 1.22. The molecule has 0 aromatic heterocycles. The highest BCUT2D eigenvalue weighted by atomic mass is 79.9. The molecule has 1 amide bonds. The van der Waals surface area contributed by atoms with Crippen LogP contribution in [0.25, 0.3) is 0 Å². The van der Waals surface area contributed by atoms with E-state index in [1.807, 2.05) is 0 Å². The lowest BCUT2D eigenvalue weighted by atomic mass is 10.2. The number of hydrogen-bond donors (Lipinski definition) is 1. The highest BCUT2D eigenvalue weighted by molar-refractivity contribution is 9.11. The molecule has 0 spiro atoms. The van der Waals surface area contributed by atoms with Gasteiger partial charge in [-0.3, -0.25) is 4.79 Å². The van der Waals surface area contributed by atoms with Crippen LogP contribution in [0.4, 0.5) is 8.78 Å². The molecule has 1 aromatic rings. The molecular formula is C10H5Br2F2N3OS. The molecular weight excluding hydrogens is 408 g/mol. The monoisotopic (exact) mass is 411 g/mol. The van der Waals surface area contributed by atoms with Gasteiger partial charge in [-0.05, 0) is 37.9 Å². The van der Waals surface area contributed by atoms with Crippen LogP contribution in [0.3, 0.4) is 0 Å². The second kappa shape index (κ2) is 6.10. The number of benzene rings is 1. The summed E-state index contributed by atoms with van der Waals surface area (Å²) < 4.78 is 26.9. The predicted molar refractivity (Wildman–Crippen MR) is 77.4 cm³/mol. The van der Waals surface area contributed by atoms with Crippen molar-refractivity contribution in [2.75, 3.05) is 5.75 Å². The molecule has 4 nitrogen and oxygen atoms in total. The quantitative estimate of drug-likeness (QED) is 0.351. The lowest BCUT2D eigenvalue weighted by molar-refractivity contribution is -0.116. The van der Waals surface area contributed by atoms with E-state index < -0.39 is 11.6 Å². The van der Waals surface area contributed by atoms with Gasteiger partial charge in [0.1, 0.15) is 11.6 Å². The molecule has 1 aliphatic rings. The van der Waals surface area contributed by atoms with Gasteiger partial charge in [-0.2, -0.15) is 5.10 Å². The Kier molecular flexibility index (Phi) is 4.69. The van der Waals surface area contributed by atoms with E-state index in [1.165, 1.54) is 11.8 Å². The van der Waals surface area contributed by atoms with Crippen molar-refractivity contribution < 1.29 is 13.6 Å². The van der Waals surface area contributed by atoms with E-state index in [1.54, 1.807) is 0 Å². The van der Waals surface area contributed by atoms with Gasteiger partial charge in [0.05, 0.1) is 16.4 Å². The van der Waals surface area contributed by atoms with Gasteiger partial charge in [0.2, 0.25) is 5.91 Å². The van der Waals surface area contributed by atoms with Crippen LogP contribution in [-0.2, 0) is 4.79 Å². The van der Waals surface area contributed by atoms with Gasteiger partial charge in [-0.1, -0.05) is 11.8 Å². The van der Waals surface area contributed by atoms with E-state index in [0.717, 1.165) is 12.3 Å². The first-order chi connectivity index (χ1) is 8.99. The molecule has 0 unspecified atom stereocenters. The molecule has 0 aliphatic carbocycles. The molecule has 2 rings (SSSR count). The van der Waals surface area contributed by atoms with E-state index in [4.69, 9.17) is 0 Å². The summed E-state index contributed by atoms with van der Waals surface area (Å²) in [5.41, 5.74) is 0.0620. The predicted octanol–water partition coefficient (Wildman–Crippen LogP) is 3.04. The van der Waals surface area contributed by atoms with Gasteiger partial charge in [0.15, 0.2) is 5.17 Å². The Morgan fingerprint density at radius 1 is 1.42 bits per heavy atom. The molecule has 1 aromatic carbocycles. The fourth-order valence-corrected chi connectivity index (χ4v) is 2.65. The lowest BCUT2D eigenvalue weighted by Gasteiger charge is -2.03. The summed E-state index contributed by atoms with van der Waals surface area (Å²) >= 11 is 7.04. The number of nitrogens with zero attached hydrogens (tertiary/aromatic N) is 2. The van der Waals surface area contributed by atoms with Crippen molar-refractivity contribution in [3.05, 3.63) is 32.2 Å². The van der Waals surface area contributed by atoms with Gasteiger partial charge < -0.3 is 5.32 Å². The van der Waals surface area contributed by atoms with Crippen LogP contribution >= 0.6 is 43.6 Å². The van der Waals surface area contributed by atoms with Gasteiger partial charge in [-0.15, -0.1) is 5.10 Å². The zero-order valence-electron chi connectivity index (χ0n) is 9.08. The molecule has 1 saturated heterocycles. The Morgan fingerprint density at radius 2 is 2.16 bits per heavy atom. The smallest absolute Gasteiger partial charge is 0.236 e. The summed E-state index contributed by atoms with van der Waals surface area (Å²) in [7, 11) is 0. The number of hydrogen-bond acceptors (Lipinski definition) is 4. The van der Waals surface area contributed by atoms with Crippen molar-refractivity contribution in [3.63, 3.8) is 0 Å². The number of rotatable bonds is 2. The highest BCUT2D eigenvalue weighted by Gasteiger charge is 2.16. The van der Waals surface area contributed by atoms with E-state index in [9.17, 15) is 13.6 Å². The summed E-state index contributed by atoms with van der Waals surface area (Å²) in [6.07, 6.45) is 1.14. The minimum atomic E-state index is -0.779. The van der Waals surface area contributed by atoms with Crippen LogP contribution < -0.4 is 5.32 Å². The highest BCUT2D eigenvalue weighted by Crippen LogP contribution is 2.28. The van der Waals surface area contributed by atoms with Gasteiger partial charge in [0, 0.05) is 10.0 Å². The van der Waals surface area contributed by atoms with Crippen LogP contribution in [-0.4, -0.2) is 23.0 Å². The minimum Gasteiger partial charge on any atom is -0.303 e. The van der Waals surface area contributed by atoms with Crippen LogP contribution in [0, 0.1) is 11.6 Å². The number of halogens is 4. The Morgan fingerprint density at radius 3 is 2.79 bits per heavy atom. The SMILES string of the molecule is O=C1CSC(=NN=Cc2c(Br)cc(F)c(Br)c2F)N1. The summed E-state index contributed by atoms with van der Waals surface area (Å²) in [6, 6.07) is 1.12. The number of amidine groups is 1. The first-order valence-corrected chi connectivity index (χ1v) is 7.43. The number of amides is 1. The van der Waals surface area contributed by atoms with Crippen molar-refractivity contribution in [1.82, 2.24) is 5.32 Å². The van der Waals surface area contributed by atoms with Gasteiger partial charge in [-0.25, -0.2) is 8.78 Å². The molecule has 0 saturated carbocycles. The maximum Gasteiger partial charge on any atom is 0.236 e. The van der Waals surface area contributed by atoms with Crippen LogP contribution in [0.1, 0.15) is 5.56 Å². The maximum absolute atomic E-state index is 13.8. The molecule has 9 heteroatoms. The van der Waals surface area contributed by atoms with Gasteiger partial charge >= 0.3 is 0 Å². The van der Waals surface area contributed by atoms with E-state index in [2.05, 4.69) is 47.4 Å². The molecule has 1 aliphatic heterocycles. The third-order valence-electron chi connectivity index (χ3n) is 2.07.